The Hall–Kier alpha value is -2.43. The number of anilines is 2. The molecule has 0 saturated carbocycles. The van der Waals surface area contributed by atoms with Crippen molar-refractivity contribution in [3.05, 3.63) is 59.7 Å². The first-order chi connectivity index (χ1) is 9.99. The summed E-state index contributed by atoms with van der Waals surface area (Å²) in [5.41, 5.74) is 0.830. The number of amides is 1. The second-order valence-electron chi connectivity index (χ2n) is 4.90. The highest BCUT2D eigenvalue weighted by molar-refractivity contribution is 6.08. The van der Waals surface area contributed by atoms with Gasteiger partial charge in [0.2, 0.25) is 0 Å². The van der Waals surface area contributed by atoms with Crippen LogP contribution in [0.25, 0.3) is 0 Å². The molecule has 5 heteroatoms. The molecule has 0 fully saturated rings. The molecule has 0 heterocycles. The molecule has 2 N–H and O–H groups in total. The molecular formula is C16H16F2N2O. The van der Waals surface area contributed by atoms with Crippen molar-refractivity contribution in [1.82, 2.24) is 0 Å². The van der Waals surface area contributed by atoms with Gasteiger partial charge in [-0.1, -0.05) is 18.2 Å². The van der Waals surface area contributed by atoms with Crippen LogP contribution in [0.15, 0.2) is 42.5 Å². The number of rotatable bonds is 4. The monoisotopic (exact) mass is 290 g/mol. The minimum absolute atomic E-state index is 0.143. The Morgan fingerprint density at radius 3 is 2.38 bits per heavy atom. The van der Waals surface area contributed by atoms with Crippen LogP contribution in [-0.4, -0.2) is 11.9 Å². The van der Waals surface area contributed by atoms with Gasteiger partial charge in [-0.15, -0.1) is 0 Å². The van der Waals surface area contributed by atoms with E-state index in [1.807, 2.05) is 13.8 Å². The summed E-state index contributed by atoms with van der Waals surface area (Å²) in [5, 5.41) is 5.52. The van der Waals surface area contributed by atoms with Gasteiger partial charge in [-0.25, -0.2) is 8.78 Å². The van der Waals surface area contributed by atoms with E-state index in [4.69, 9.17) is 0 Å². The standard InChI is InChI=1S/C16H16F2N2O/c1-10(2)19-13-8-4-3-6-11(13)16(21)20-14-9-5-7-12(17)15(14)18/h3-10,19H,1-2H3,(H,20,21). The average molecular weight is 290 g/mol. The van der Waals surface area contributed by atoms with Crippen LogP contribution in [0.2, 0.25) is 0 Å². The number of hydrogen-bond donors (Lipinski definition) is 2. The highest BCUT2D eigenvalue weighted by Crippen LogP contribution is 2.21. The lowest BCUT2D eigenvalue weighted by atomic mass is 10.1. The van der Waals surface area contributed by atoms with Gasteiger partial charge in [0.1, 0.15) is 0 Å². The summed E-state index contributed by atoms with van der Waals surface area (Å²) >= 11 is 0. The van der Waals surface area contributed by atoms with Crippen LogP contribution in [0.1, 0.15) is 24.2 Å². The lowest BCUT2D eigenvalue weighted by molar-refractivity contribution is 0.102. The zero-order valence-corrected chi connectivity index (χ0v) is 11.8. The summed E-state index contributed by atoms with van der Waals surface area (Å²) in [6.45, 7) is 3.89. The molecule has 110 valence electrons. The number of carbonyl (C=O) groups is 1. The molecule has 0 aliphatic heterocycles. The first kappa shape index (κ1) is 15.0. The van der Waals surface area contributed by atoms with Crippen molar-refractivity contribution < 1.29 is 13.6 Å². The van der Waals surface area contributed by atoms with E-state index in [2.05, 4.69) is 10.6 Å². The van der Waals surface area contributed by atoms with Crippen molar-refractivity contribution in [3.8, 4) is 0 Å². The topological polar surface area (TPSA) is 41.1 Å². The van der Waals surface area contributed by atoms with Gasteiger partial charge in [-0.05, 0) is 38.1 Å². The molecule has 3 nitrogen and oxygen atoms in total. The molecule has 0 aromatic heterocycles. The van der Waals surface area contributed by atoms with Gasteiger partial charge in [0, 0.05) is 11.7 Å². The van der Waals surface area contributed by atoms with E-state index in [1.54, 1.807) is 24.3 Å². The minimum atomic E-state index is -1.07. The predicted octanol–water partition coefficient (Wildman–Crippen LogP) is 4.04. The molecule has 0 unspecified atom stereocenters. The first-order valence-corrected chi connectivity index (χ1v) is 6.60. The molecule has 2 rings (SSSR count). The van der Waals surface area contributed by atoms with Crippen LogP contribution in [0.4, 0.5) is 20.2 Å². The Kier molecular flexibility index (Phi) is 4.52. The summed E-state index contributed by atoms with van der Waals surface area (Å²) in [4.78, 5) is 12.2. The third kappa shape index (κ3) is 3.56. The molecule has 21 heavy (non-hydrogen) atoms. The molecule has 0 radical (unpaired) electrons. The maximum absolute atomic E-state index is 13.6. The second-order valence-corrected chi connectivity index (χ2v) is 4.90. The second kappa shape index (κ2) is 6.35. The summed E-state index contributed by atoms with van der Waals surface area (Å²) in [5.74, 6) is -2.57. The maximum Gasteiger partial charge on any atom is 0.257 e. The third-order valence-corrected chi connectivity index (χ3v) is 2.82. The van der Waals surface area contributed by atoms with Gasteiger partial charge in [0.25, 0.3) is 5.91 Å². The van der Waals surface area contributed by atoms with Crippen LogP contribution in [0.3, 0.4) is 0 Å². The van der Waals surface area contributed by atoms with E-state index in [-0.39, 0.29) is 11.7 Å². The molecule has 0 saturated heterocycles. The fraction of sp³-hybridized carbons (Fsp3) is 0.188. The molecule has 0 bridgehead atoms. The van der Waals surface area contributed by atoms with E-state index in [1.165, 1.54) is 12.1 Å². The number of nitrogens with one attached hydrogen (secondary N) is 2. The van der Waals surface area contributed by atoms with Gasteiger partial charge < -0.3 is 10.6 Å². The molecule has 2 aromatic carbocycles. The maximum atomic E-state index is 13.6. The van der Waals surface area contributed by atoms with Gasteiger partial charge in [0.05, 0.1) is 11.3 Å². The molecule has 0 spiro atoms. The Bertz CT molecular complexity index is 656. The fourth-order valence-electron chi connectivity index (χ4n) is 1.91. The molecule has 1 amide bonds. The molecule has 0 atom stereocenters. The van der Waals surface area contributed by atoms with E-state index < -0.39 is 17.5 Å². The van der Waals surface area contributed by atoms with E-state index >= 15 is 0 Å². The number of para-hydroxylation sites is 1. The van der Waals surface area contributed by atoms with Crippen molar-refractivity contribution in [2.24, 2.45) is 0 Å². The van der Waals surface area contributed by atoms with Gasteiger partial charge in [-0.2, -0.15) is 0 Å². The van der Waals surface area contributed by atoms with E-state index in [9.17, 15) is 13.6 Å². The highest BCUT2D eigenvalue weighted by Gasteiger charge is 2.15. The van der Waals surface area contributed by atoms with Crippen molar-refractivity contribution in [3.63, 3.8) is 0 Å². The number of carbonyl (C=O) groups excluding carboxylic acids is 1. The van der Waals surface area contributed by atoms with Crippen LogP contribution >= 0.6 is 0 Å². The summed E-state index contributed by atoms with van der Waals surface area (Å²) in [6, 6.07) is 10.7. The highest BCUT2D eigenvalue weighted by atomic mass is 19.2. The lowest BCUT2D eigenvalue weighted by Gasteiger charge is -2.14. The van der Waals surface area contributed by atoms with Crippen molar-refractivity contribution in [2.45, 2.75) is 19.9 Å². The summed E-state index contributed by atoms with van der Waals surface area (Å²) < 4.78 is 26.7. The summed E-state index contributed by atoms with van der Waals surface area (Å²) in [6.07, 6.45) is 0. The number of hydrogen-bond acceptors (Lipinski definition) is 2. The zero-order chi connectivity index (χ0) is 15.4. The van der Waals surface area contributed by atoms with Crippen LogP contribution in [0, 0.1) is 11.6 Å². The van der Waals surface area contributed by atoms with Crippen LogP contribution < -0.4 is 10.6 Å². The molecule has 0 aliphatic carbocycles. The van der Waals surface area contributed by atoms with E-state index in [0.29, 0.717) is 11.3 Å². The Morgan fingerprint density at radius 1 is 1.00 bits per heavy atom. The zero-order valence-electron chi connectivity index (χ0n) is 11.8. The average Bonchev–Trinajstić information content (AvgIpc) is 2.44. The molecular weight excluding hydrogens is 274 g/mol. The summed E-state index contributed by atoms with van der Waals surface area (Å²) in [7, 11) is 0. The first-order valence-electron chi connectivity index (χ1n) is 6.60. The quantitative estimate of drug-likeness (QED) is 0.892. The molecule has 0 aliphatic rings. The van der Waals surface area contributed by atoms with Gasteiger partial charge in [0.15, 0.2) is 11.6 Å². The Morgan fingerprint density at radius 2 is 1.67 bits per heavy atom. The van der Waals surface area contributed by atoms with E-state index in [0.717, 1.165) is 6.07 Å². The van der Waals surface area contributed by atoms with Crippen molar-refractivity contribution in [1.29, 1.82) is 0 Å². The largest absolute Gasteiger partial charge is 0.382 e. The van der Waals surface area contributed by atoms with Gasteiger partial charge in [-0.3, -0.25) is 4.79 Å². The van der Waals surface area contributed by atoms with Crippen molar-refractivity contribution >= 4 is 17.3 Å². The fourth-order valence-corrected chi connectivity index (χ4v) is 1.91. The number of halogens is 2. The van der Waals surface area contributed by atoms with Gasteiger partial charge >= 0.3 is 0 Å². The van der Waals surface area contributed by atoms with Crippen LogP contribution in [-0.2, 0) is 0 Å². The Balaban J connectivity index is 2.27. The Labute approximate surface area is 122 Å². The minimum Gasteiger partial charge on any atom is -0.382 e. The van der Waals surface area contributed by atoms with Crippen molar-refractivity contribution in [2.75, 3.05) is 10.6 Å². The van der Waals surface area contributed by atoms with Crippen LogP contribution in [0.5, 0.6) is 0 Å². The molecule has 2 aromatic rings. The SMILES string of the molecule is CC(C)Nc1ccccc1C(=O)Nc1cccc(F)c1F. The third-order valence-electron chi connectivity index (χ3n) is 2.82. The predicted molar refractivity (Wildman–Crippen MR) is 79.5 cm³/mol. The normalized spacial score (nSPS) is 10.5. The number of benzene rings is 2. The lowest BCUT2D eigenvalue weighted by Crippen LogP contribution is -2.18. The smallest absolute Gasteiger partial charge is 0.257 e.